The summed E-state index contributed by atoms with van der Waals surface area (Å²) in [5.41, 5.74) is 9.47. The van der Waals surface area contributed by atoms with Gasteiger partial charge in [0.05, 0.1) is 5.69 Å². The van der Waals surface area contributed by atoms with E-state index in [9.17, 15) is 13.6 Å². The fraction of sp³-hybridized carbons (Fsp3) is 0.421. The van der Waals surface area contributed by atoms with Crippen LogP contribution in [-0.4, -0.2) is 21.9 Å². The van der Waals surface area contributed by atoms with Crippen LogP contribution < -0.4 is 11.1 Å². The quantitative estimate of drug-likeness (QED) is 0.782. The van der Waals surface area contributed by atoms with E-state index < -0.39 is 17.7 Å². The van der Waals surface area contributed by atoms with Gasteiger partial charge < -0.3 is 5.73 Å². The Hall–Kier alpha value is -2.12. The smallest absolute Gasteiger partial charge is 0.231 e. The number of nitrogens with one attached hydrogen (secondary N) is 1. The summed E-state index contributed by atoms with van der Waals surface area (Å²) in [6.45, 7) is 0. The highest BCUT2D eigenvalue weighted by Crippen LogP contribution is 2.37. The minimum Gasteiger partial charge on any atom is -0.327 e. The molecule has 142 valence electrons. The van der Waals surface area contributed by atoms with Gasteiger partial charge in [0, 0.05) is 23.9 Å². The van der Waals surface area contributed by atoms with Crippen LogP contribution in [0.2, 0.25) is 5.15 Å². The predicted octanol–water partition coefficient (Wildman–Crippen LogP) is 3.28. The molecule has 27 heavy (non-hydrogen) atoms. The van der Waals surface area contributed by atoms with Gasteiger partial charge in [-0.25, -0.2) is 18.7 Å². The van der Waals surface area contributed by atoms with Crippen molar-refractivity contribution in [1.29, 1.82) is 0 Å². The number of halogens is 3. The van der Waals surface area contributed by atoms with E-state index in [0.29, 0.717) is 23.6 Å². The summed E-state index contributed by atoms with van der Waals surface area (Å²) in [6, 6.07) is 1.91. The predicted molar refractivity (Wildman–Crippen MR) is 97.7 cm³/mol. The molecule has 4 rings (SSSR count). The molecule has 5 nitrogen and oxygen atoms in total. The zero-order valence-corrected chi connectivity index (χ0v) is 15.3. The maximum absolute atomic E-state index is 13.6. The Morgan fingerprint density at radius 3 is 2.85 bits per heavy atom. The van der Waals surface area contributed by atoms with E-state index in [2.05, 4.69) is 15.3 Å². The van der Waals surface area contributed by atoms with Crippen LogP contribution in [0, 0.1) is 11.6 Å². The molecular weight excluding hydrogens is 374 g/mol. The number of carbonyl (C=O) groups is 1. The number of rotatable bonds is 4. The number of amides is 1. The van der Waals surface area contributed by atoms with Gasteiger partial charge in [0.2, 0.25) is 11.9 Å². The summed E-state index contributed by atoms with van der Waals surface area (Å²) in [5, 5.41) is 3.03. The highest BCUT2D eigenvalue weighted by Gasteiger charge is 2.30. The van der Waals surface area contributed by atoms with Gasteiger partial charge >= 0.3 is 0 Å². The number of carbonyl (C=O) groups excluding carboxylic acids is 1. The first-order valence-corrected chi connectivity index (χ1v) is 9.38. The van der Waals surface area contributed by atoms with Crippen LogP contribution in [0.4, 0.5) is 14.7 Å². The summed E-state index contributed by atoms with van der Waals surface area (Å²) in [7, 11) is 0. The Bertz CT molecular complexity index is 921. The van der Waals surface area contributed by atoms with Gasteiger partial charge in [-0.15, -0.1) is 0 Å². The summed E-state index contributed by atoms with van der Waals surface area (Å²) < 4.78 is 27.0. The Labute approximate surface area is 160 Å². The third-order valence-corrected chi connectivity index (χ3v) is 5.69. The minimum absolute atomic E-state index is 0.0289. The molecule has 0 bridgehead atoms. The average molecular weight is 393 g/mol. The normalized spacial score (nSPS) is 18.9. The second-order valence-electron chi connectivity index (χ2n) is 7.14. The maximum Gasteiger partial charge on any atom is 0.231 e. The number of nitrogens with two attached hydrogens (primary N) is 1. The number of nitrogens with zero attached hydrogens (tertiary/aromatic N) is 2. The monoisotopic (exact) mass is 392 g/mol. The van der Waals surface area contributed by atoms with Crippen molar-refractivity contribution in [1.82, 2.24) is 9.97 Å². The number of fused-ring (bicyclic) bond motifs is 2. The first kappa shape index (κ1) is 18.3. The molecule has 1 aromatic carbocycles. The lowest BCUT2D eigenvalue weighted by Crippen LogP contribution is -2.32. The lowest BCUT2D eigenvalue weighted by Gasteiger charge is -2.20. The fourth-order valence-corrected chi connectivity index (χ4v) is 4.33. The van der Waals surface area contributed by atoms with Crippen LogP contribution in [0.25, 0.3) is 0 Å². The molecule has 1 amide bonds. The van der Waals surface area contributed by atoms with Crippen molar-refractivity contribution in [2.75, 3.05) is 5.32 Å². The Balaban J connectivity index is 1.44. The zero-order chi connectivity index (χ0) is 19.1. The molecule has 3 N–H and O–H groups in total. The number of aromatic nitrogens is 2. The molecule has 8 heteroatoms. The van der Waals surface area contributed by atoms with E-state index in [1.54, 1.807) is 0 Å². The topological polar surface area (TPSA) is 80.9 Å². The Kier molecular flexibility index (Phi) is 4.82. The summed E-state index contributed by atoms with van der Waals surface area (Å²) >= 11 is 6.16. The minimum atomic E-state index is -0.890. The van der Waals surface area contributed by atoms with Crippen molar-refractivity contribution in [3.8, 4) is 0 Å². The SMILES string of the molecule is NC(CC(=O)Nc1nc(Cl)c2c(n1)CCC2)C1CCc2cc(F)c(F)cc21. The zero-order valence-electron chi connectivity index (χ0n) is 14.6. The van der Waals surface area contributed by atoms with Gasteiger partial charge in [-0.3, -0.25) is 10.1 Å². The highest BCUT2D eigenvalue weighted by molar-refractivity contribution is 6.30. The van der Waals surface area contributed by atoms with E-state index in [-0.39, 0.29) is 24.2 Å². The van der Waals surface area contributed by atoms with E-state index in [4.69, 9.17) is 17.3 Å². The fourth-order valence-electron chi connectivity index (χ4n) is 4.05. The van der Waals surface area contributed by atoms with Crippen molar-refractivity contribution in [2.45, 2.75) is 50.5 Å². The maximum atomic E-state index is 13.6. The summed E-state index contributed by atoms with van der Waals surface area (Å²) in [4.78, 5) is 20.9. The molecule has 1 heterocycles. The number of benzene rings is 1. The number of hydrogen-bond donors (Lipinski definition) is 2. The first-order valence-electron chi connectivity index (χ1n) is 9.01. The van der Waals surface area contributed by atoms with Gasteiger partial charge in [0.1, 0.15) is 5.15 Å². The molecule has 0 aliphatic heterocycles. The van der Waals surface area contributed by atoms with Crippen LogP contribution >= 0.6 is 11.6 Å². The third-order valence-electron chi connectivity index (χ3n) is 5.38. The molecule has 0 saturated heterocycles. The molecule has 0 saturated carbocycles. The molecule has 2 aliphatic rings. The first-order chi connectivity index (χ1) is 12.9. The average Bonchev–Trinajstić information content (AvgIpc) is 3.22. The molecule has 0 fully saturated rings. The van der Waals surface area contributed by atoms with Gasteiger partial charge in [-0.2, -0.15) is 0 Å². The van der Waals surface area contributed by atoms with E-state index in [1.807, 2.05) is 0 Å². The third kappa shape index (κ3) is 3.53. The van der Waals surface area contributed by atoms with Crippen LogP contribution in [0.15, 0.2) is 12.1 Å². The molecule has 0 radical (unpaired) electrons. The molecule has 2 aliphatic carbocycles. The van der Waals surface area contributed by atoms with Gasteiger partial charge in [0.25, 0.3) is 0 Å². The van der Waals surface area contributed by atoms with Gasteiger partial charge in [-0.1, -0.05) is 11.6 Å². The van der Waals surface area contributed by atoms with Crippen molar-refractivity contribution in [2.24, 2.45) is 5.73 Å². The number of anilines is 1. The van der Waals surface area contributed by atoms with Crippen molar-refractivity contribution in [3.63, 3.8) is 0 Å². The summed E-state index contributed by atoms with van der Waals surface area (Å²) in [5.74, 6) is -2.08. The van der Waals surface area contributed by atoms with Crippen LogP contribution in [0.1, 0.15) is 47.6 Å². The van der Waals surface area contributed by atoms with Crippen molar-refractivity contribution < 1.29 is 13.6 Å². The lowest BCUT2D eigenvalue weighted by molar-refractivity contribution is -0.116. The van der Waals surface area contributed by atoms with Crippen molar-refractivity contribution >= 4 is 23.5 Å². The number of aryl methyl sites for hydroxylation is 2. The second-order valence-corrected chi connectivity index (χ2v) is 7.50. The molecule has 0 spiro atoms. The van der Waals surface area contributed by atoms with Gasteiger partial charge in [-0.05, 0) is 55.4 Å². The Morgan fingerprint density at radius 2 is 2.04 bits per heavy atom. The molecular formula is C19H19ClF2N4O. The van der Waals surface area contributed by atoms with E-state index in [1.165, 1.54) is 12.1 Å². The van der Waals surface area contributed by atoms with Crippen LogP contribution in [0.3, 0.4) is 0 Å². The standard InChI is InChI=1S/C19H19ClF2N4O/c20-18-11-2-1-3-16(11)24-19(26-18)25-17(27)8-15(23)10-5-4-9-6-13(21)14(22)7-12(9)10/h6-7,10,15H,1-5,8,23H2,(H,24,25,26,27). The van der Waals surface area contributed by atoms with Crippen LogP contribution in [-0.2, 0) is 24.1 Å². The molecule has 1 aromatic heterocycles. The van der Waals surface area contributed by atoms with Crippen molar-refractivity contribution in [3.05, 3.63) is 51.3 Å². The number of hydrogen-bond acceptors (Lipinski definition) is 4. The van der Waals surface area contributed by atoms with E-state index >= 15 is 0 Å². The second kappa shape index (κ2) is 7.13. The Morgan fingerprint density at radius 1 is 1.26 bits per heavy atom. The molecule has 2 aromatic rings. The van der Waals surface area contributed by atoms with Crippen LogP contribution in [0.5, 0.6) is 0 Å². The highest BCUT2D eigenvalue weighted by atomic mass is 35.5. The lowest BCUT2D eigenvalue weighted by atomic mass is 9.91. The largest absolute Gasteiger partial charge is 0.327 e. The van der Waals surface area contributed by atoms with E-state index in [0.717, 1.165) is 36.1 Å². The molecule has 2 atom stereocenters. The molecule has 2 unspecified atom stereocenters. The van der Waals surface area contributed by atoms with Gasteiger partial charge in [0.15, 0.2) is 11.6 Å². The summed E-state index contributed by atoms with van der Waals surface area (Å²) in [6.07, 6.45) is 3.96.